The second-order valence-electron chi connectivity index (χ2n) is 7.03. The zero-order valence-corrected chi connectivity index (χ0v) is 17.9. The highest BCUT2D eigenvalue weighted by Crippen LogP contribution is 2.26. The first-order valence-electron chi connectivity index (χ1n) is 9.92. The van der Waals surface area contributed by atoms with Gasteiger partial charge >= 0.3 is 0 Å². The summed E-state index contributed by atoms with van der Waals surface area (Å²) in [6.07, 6.45) is 6.36. The number of hydrogen-bond donors (Lipinski definition) is 1. The van der Waals surface area contributed by atoms with Crippen LogP contribution in [0.25, 0.3) is 17.2 Å². The number of pyridine rings is 1. The number of carbonyl (C=O) groups is 1. The predicted molar refractivity (Wildman–Crippen MR) is 126 cm³/mol. The first kappa shape index (κ1) is 21.2. The number of nitrogens with one attached hydrogen (secondary N) is 1. The van der Waals surface area contributed by atoms with E-state index < -0.39 is 9.84 Å². The number of amides is 1. The highest BCUT2D eigenvalue weighted by atomic mass is 32.2. The van der Waals surface area contributed by atoms with Crippen molar-refractivity contribution in [2.24, 2.45) is 0 Å². The third kappa shape index (κ3) is 4.99. The maximum Gasteiger partial charge on any atom is 0.248 e. The summed E-state index contributed by atoms with van der Waals surface area (Å²) in [7, 11) is -3.66. The molecule has 3 aromatic carbocycles. The Hall–Kier alpha value is -4.03. The van der Waals surface area contributed by atoms with Crippen LogP contribution in [0.15, 0.2) is 119 Å². The van der Waals surface area contributed by atoms with Crippen LogP contribution in [0.5, 0.6) is 0 Å². The summed E-state index contributed by atoms with van der Waals surface area (Å²) in [4.78, 5) is 16.5. The molecule has 4 rings (SSSR count). The molecule has 0 saturated heterocycles. The van der Waals surface area contributed by atoms with Gasteiger partial charge in [0, 0.05) is 24.2 Å². The van der Waals surface area contributed by atoms with Crippen molar-refractivity contribution in [1.29, 1.82) is 0 Å². The minimum atomic E-state index is -3.66. The number of carbonyl (C=O) groups excluding carboxylic acids is 1. The second-order valence-corrected chi connectivity index (χ2v) is 8.98. The molecule has 0 atom stereocenters. The number of anilines is 1. The fourth-order valence-corrected chi connectivity index (χ4v) is 4.40. The zero-order chi connectivity index (χ0) is 22.4. The molecule has 1 aromatic heterocycles. The summed E-state index contributed by atoms with van der Waals surface area (Å²) in [5.41, 5.74) is 3.28. The Labute approximate surface area is 187 Å². The van der Waals surface area contributed by atoms with Crippen LogP contribution in [0.2, 0.25) is 0 Å². The fraction of sp³-hybridized carbons (Fsp3) is 0. The van der Waals surface area contributed by atoms with Crippen molar-refractivity contribution in [3.05, 3.63) is 115 Å². The molecule has 0 fully saturated rings. The van der Waals surface area contributed by atoms with Crippen molar-refractivity contribution >= 4 is 27.5 Å². The number of benzene rings is 3. The Morgan fingerprint density at radius 1 is 0.750 bits per heavy atom. The molecule has 0 spiro atoms. The number of aromatic nitrogens is 1. The van der Waals surface area contributed by atoms with Crippen molar-refractivity contribution in [2.75, 3.05) is 5.32 Å². The highest BCUT2D eigenvalue weighted by Gasteiger charge is 2.17. The number of sulfone groups is 1. The molecular weight excluding hydrogens is 420 g/mol. The largest absolute Gasteiger partial charge is 0.323 e. The maximum atomic E-state index is 13.0. The molecule has 0 aliphatic heterocycles. The van der Waals surface area contributed by atoms with Gasteiger partial charge in [-0.15, -0.1) is 0 Å². The highest BCUT2D eigenvalue weighted by molar-refractivity contribution is 7.91. The lowest BCUT2D eigenvalue weighted by atomic mass is 10.1. The SMILES string of the molecule is O=C(C=Cc1cccnc1)Nc1ccc(S(=O)(=O)c2ccc(-c3ccccc3)cc2)cc1. The van der Waals surface area contributed by atoms with E-state index in [1.165, 1.54) is 18.2 Å². The van der Waals surface area contributed by atoms with Crippen LogP contribution in [0, 0.1) is 0 Å². The lowest BCUT2D eigenvalue weighted by Gasteiger charge is -2.08. The van der Waals surface area contributed by atoms with Crippen molar-refractivity contribution in [1.82, 2.24) is 4.98 Å². The van der Waals surface area contributed by atoms with Gasteiger partial charge in [-0.25, -0.2) is 8.42 Å². The summed E-state index contributed by atoms with van der Waals surface area (Å²) >= 11 is 0. The first-order chi connectivity index (χ1) is 15.5. The number of nitrogens with zero attached hydrogens (tertiary/aromatic N) is 1. The van der Waals surface area contributed by atoms with Gasteiger partial charge in [0.25, 0.3) is 0 Å². The lowest BCUT2D eigenvalue weighted by molar-refractivity contribution is -0.111. The molecule has 4 aromatic rings. The average molecular weight is 441 g/mol. The van der Waals surface area contributed by atoms with E-state index in [2.05, 4.69) is 10.3 Å². The van der Waals surface area contributed by atoms with Gasteiger partial charge in [0.2, 0.25) is 15.7 Å². The third-order valence-corrected chi connectivity index (χ3v) is 6.60. The number of rotatable bonds is 6. The summed E-state index contributed by atoms with van der Waals surface area (Å²) in [6, 6.07) is 26.3. The summed E-state index contributed by atoms with van der Waals surface area (Å²) in [6.45, 7) is 0. The normalized spacial score (nSPS) is 11.4. The monoisotopic (exact) mass is 440 g/mol. The molecule has 32 heavy (non-hydrogen) atoms. The van der Waals surface area contributed by atoms with Gasteiger partial charge in [0.1, 0.15) is 0 Å². The van der Waals surface area contributed by atoms with E-state index in [4.69, 9.17) is 0 Å². The molecule has 0 bridgehead atoms. The molecule has 1 N–H and O–H groups in total. The van der Waals surface area contributed by atoms with E-state index in [9.17, 15) is 13.2 Å². The Morgan fingerprint density at radius 3 is 2.00 bits per heavy atom. The van der Waals surface area contributed by atoms with Gasteiger partial charge in [-0.05, 0) is 65.2 Å². The van der Waals surface area contributed by atoms with E-state index in [1.54, 1.807) is 60.9 Å². The van der Waals surface area contributed by atoms with E-state index >= 15 is 0 Å². The van der Waals surface area contributed by atoms with Gasteiger partial charge in [0.05, 0.1) is 9.79 Å². The lowest BCUT2D eigenvalue weighted by Crippen LogP contribution is -2.08. The van der Waals surface area contributed by atoms with Crippen molar-refractivity contribution in [3.8, 4) is 11.1 Å². The molecule has 0 unspecified atom stereocenters. The number of hydrogen-bond acceptors (Lipinski definition) is 4. The topological polar surface area (TPSA) is 76.1 Å². The molecule has 5 nitrogen and oxygen atoms in total. The van der Waals surface area contributed by atoms with Crippen LogP contribution in [0.1, 0.15) is 5.56 Å². The molecule has 158 valence electrons. The van der Waals surface area contributed by atoms with Crippen LogP contribution >= 0.6 is 0 Å². The summed E-state index contributed by atoms with van der Waals surface area (Å²) in [5.74, 6) is -0.319. The van der Waals surface area contributed by atoms with Gasteiger partial charge in [-0.3, -0.25) is 9.78 Å². The molecule has 1 amide bonds. The Bertz CT molecular complexity index is 1330. The molecule has 1 heterocycles. The summed E-state index contributed by atoms with van der Waals surface area (Å²) < 4.78 is 25.9. The van der Waals surface area contributed by atoms with Crippen molar-refractivity contribution in [3.63, 3.8) is 0 Å². The minimum Gasteiger partial charge on any atom is -0.323 e. The van der Waals surface area contributed by atoms with Crippen molar-refractivity contribution in [2.45, 2.75) is 9.79 Å². The van der Waals surface area contributed by atoms with Crippen LogP contribution in [0.3, 0.4) is 0 Å². The van der Waals surface area contributed by atoms with Crippen LogP contribution in [-0.4, -0.2) is 19.3 Å². The fourth-order valence-electron chi connectivity index (χ4n) is 3.14. The van der Waals surface area contributed by atoms with Crippen LogP contribution < -0.4 is 5.32 Å². The third-order valence-electron chi connectivity index (χ3n) is 4.82. The molecule has 6 heteroatoms. The zero-order valence-electron chi connectivity index (χ0n) is 17.0. The molecule has 0 saturated carbocycles. The van der Waals surface area contributed by atoms with Crippen molar-refractivity contribution < 1.29 is 13.2 Å². The van der Waals surface area contributed by atoms with E-state index in [-0.39, 0.29) is 15.7 Å². The van der Waals surface area contributed by atoms with Gasteiger partial charge in [-0.2, -0.15) is 0 Å². The predicted octanol–water partition coefficient (Wildman–Crippen LogP) is 5.23. The summed E-state index contributed by atoms with van der Waals surface area (Å²) in [5, 5.41) is 2.72. The van der Waals surface area contributed by atoms with Crippen LogP contribution in [0.4, 0.5) is 5.69 Å². The van der Waals surface area contributed by atoms with Gasteiger partial charge < -0.3 is 5.32 Å². The van der Waals surface area contributed by atoms with Gasteiger partial charge in [-0.1, -0.05) is 48.5 Å². The molecular formula is C26H20N2O3S. The Kier molecular flexibility index (Phi) is 6.24. The molecule has 0 radical (unpaired) electrons. The van der Waals surface area contributed by atoms with Crippen LogP contribution in [-0.2, 0) is 14.6 Å². The molecule has 0 aliphatic carbocycles. The average Bonchev–Trinajstić information content (AvgIpc) is 2.84. The van der Waals surface area contributed by atoms with E-state index in [1.807, 2.05) is 36.4 Å². The first-order valence-corrected chi connectivity index (χ1v) is 11.4. The van der Waals surface area contributed by atoms with E-state index in [0.29, 0.717) is 5.69 Å². The smallest absolute Gasteiger partial charge is 0.248 e. The standard InChI is InChI=1S/C26H20N2O3S/c29-26(17-8-20-5-4-18-27-19-20)28-23-11-15-25(16-12-23)32(30,31)24-13-9-22(10-14-24)21-6-2-1-3-7-21/h1-19H,(H,28,29). The quantitative estimate of drug-likeness (QED) is 0.416. The Morgan fingerprint density at radius 2 is 1.38 bits per heavy atom. The molecule has 0 aliphatic rings. The van der Waals surface area contributed by atoms with E-state index in [0.717, 1.165) is 16.7 Å². The second kappa shape index (κ2) is 9.41. The Balaban J connectivity index is 1.46. The minimum absolute atomic E-state index is 0.161. The van der Waals surface area contributed by atoms with Gasteiger partial charge in [0.15, 0.2) is 0 Å². The maximum absolute atomic E-state index is 13.0.